The third-order valence-electron chi connectivity index (χ3n) is 3.87. The molecule has 1 fully saturated rings. The zero-order valence-electron chi connectivity index (χ0n) is 13.2. The van der Waals surface area contributed by atoms with Crippen molar-refractivity contribution in [2.24, 2.45) is 0 Å². The van der Waals surface area contributed by atoms with Gasteiger partial charge in [-0.3, -0.25) is 14.2 Å². The molecule has 23 heavy (non-hydrogen) atoms. The van der Waals surface area contributed by atoms with Gasteiger partial charge in [0.2, 0.25) is 5.91 Å². The molecule has 0 saturated heterocycles. The quantitative estimate of drug-likeness (QED) is 0.481. The molecule has 3 rings (SSSR count). The maximum Gasteiger partial charge on any atom is 0.262 e. The molecule has 6 heteroatoms. The number of amides is 1. The van der Waals surface area contributed by atoms with Gasteiger partial charge in [-0.2, -0.15) is 0 Å². The Hall–Kier alpha value is -1.82. The van der Waals surface area contributed by atoms with E-state index in [2.05, 4.69) is 17.2 Å². The highest BCUT2D eigenvalue weighted by Gasteiger charge is 2.28. The highest BCUT2D eigenvalue weighted by Crippen LogP contribution is 2.36. The fourth-order valence-corrected chi connectivity index (χ4v) is 3.36. The van der Waals surface area contributed by atoms with Crippen LogP contribution in [-0.4, -0.2) is 27.8 Å². The molecule has 122 valence electrons. The Morgan fingerprint density at radius 1 is 1.39 bits per heavy atom. The van der Waals surface area contributed by atoms with Gasteiger partial charge < -0.3 is 5.32 Å². The highest BCUT2D eigenvalue weighted by atomic mass is 32.2. The summed E-state index contributed by atoms with van der Waals surface area (Å²) in [6.45, 7) is 2.80. The first kappa shape index (κ1) is 16.1. The second-order valence-electron chi connectivity index (χ2n) is 5.81. The van der Waals surface area contributed by atoms with E-state index in [4.69, 9.17) is 0 Å². The van der Waals surface area contributed by atoms with Gasteiger partial charge in [0.25, 0.3) is 5.56 Å². The minimum absolute atomic E-state index is 0.00629. The molecule has 1 amide bonds. The Kier molecular flexibility index (Phi) is 5.00. The molecule has 0 bridgehead atoms. The van der Waals surface area contributed by atoms with Crippen LogP contribution in [0.25, 0.3) is 10.9 Å². The normalized spacial score (nSPS) is 14.1. The number of carbonyl (C=O) groups is 1. The maximum absolute atomic E-state index is 12.7. The SMILES string of the molecule is CCCCNC(=O)CSc1nc2ccccc2c(=O)n1C1CC1. The number of nitrogens with one attached hydrogen (secondary N) is 1. The van der Waals surface area contributed by atoms with Crippen molar-refractivity contribution in [1.82, 2.24) is 14.9 Å². The Balaban J connectivity index is 1.81. The van der Waals surface area contributed by atoms with Gasteiger partial charge in [0.1, 0.15) is 0 Å². The summed E-state index contributed by atoms with van der Waals surface area (Å²) < 4.78 is 1.77. The zero-order valence-corrected chi connectivity index (χ0v) is 14.1. The van der Waals surface area contributed by atoms with Gasteiger partial charge in [0.15, 0.2) is 5.16 Å². The van der Waals surface area contributed by atoms with Crippen molar-refractivity contribution in [2.45, 2.75) is 43.8 Å². The second kappa shape index (κ2) is 7.17. The molecule has 1 aliphatic carbocycles. The number of fused-ring (bicyclic) bond motifs is 1. The van der Waals surface area contributed by atoms with Crippen molar-refractivity contribution >= 4 is 28.6 Å². The van der Waals surface area contributed by atoms with Crippen LogP contribution in [-0.2, 0) is 4.79 Å². The number of benzene rings is 1. The first-order chi connectivity index (χ1) is 11.2. The Bertz CT molecular complexity index is 768. The molecule has 0 radical (unpaired) electrons. The summed E-state index contributed by atoms with van der Waals surface area (Å²) >= 11 is 1.35. The van der Waals surface area contributed by atoms with E-state index < -0.39 is 0 Å². The van der Waals surface area contributed by atoms with E-state index in [1.807, 2.05) is 24.3 Å². The number of nitrogens with zero attached hydrogens (tertiary/aromatic N) is 2. The molecule has 0 atom stereocenters. The van der Waals surface area contributed by atoms with E-state index in [9.17, 15) is 9.59 Å². The molecule has 0 unspecified atom stereocenters. The van der Waals surface area contributed by atoms with E-state index in [1.54, 1.807) is 4.57 Å². The van der Waals surface area contributed by atoms with Crippen LogP contribution in [0.15, 0.2) is 34.2 Å². The van der Waals surface area contributed by atoms with Crippen LogP contribution in [0.4, 0.5) is 0 Å². The predicted molar refractivity (Wildman–Crippen MR) is 92.9 cm³/mol. The number of unbranched alkanes of at least 4 members (excludes halogenated alkanes) is 1. The molecular weight excluding hydrogens is 310 g/mol. The minimum Gasteiger partial charge on any atom is -0.355 e. The molecule has 1 aliphatic rings. The number of thioether (sulfide) groups is 1. The van der Waals surface area contributed by atoms with E-state index in [1.165, 1.54) is 11.8 Å². The van der Waals surface area contributed by atoms with Gasteiger partial charge in [0.05, 0.1) is 16.7 Å². The monoisotopic (exact) mass is 331 g/mol. The molecule has 0 aliphatic heterocycles. The number of aromatic nitrogens is 2. The lowest BCUT2D eigenvalue weighted by molar-refractivity contribution is -0.118. The standard InChI is InChI=1S/C17H21N3O2S/c1-2-3-10-18-15(21)11-23-17-19-14-7-5-4-6-13(14)16(22)20(17)12-8-9-12/h4-7,12H,2-3,8-11H2,1H3,(H,18,21). The van der Waals surface area contributed by atoms with Crippen LogP contribution >= 0.6 is 11.8 Å². The van der Waals surface area contributed by atoms with Crippen LogP contribution < -0.4 is 10.9 Å². The van der Waals surface area contributed by atoms with Crippen molar-refractivity contribution in [3.8, 4) is 0 Å². The summed E-state index contributed by atoms with van der Waals surface area (Å²) in [7, 11) is 0. The summed E-state index contributed by atoms with van der Waals surface area (Å²) in [5.41, 5.74) is 0.704. The predicted octanol–water partition coefficient (Wildman–Crippen LogP) is 2.74. The Morgan fingerprint density at radius 3 is 2.91 bits per heavy atom. The van der Waals surface area contributed by atoms with Crippen LogP contribution in [0.2, 0.25) is 0 Å². The van der Waals surface area contributed by atoms with Crippen molar-refractivity contribution in [2.75, 3.05) is 12.3 Å². The summed E-state index contributed by atoms with van der Waals surface area (Å²) in [6, 6.07) is 7.64. The Morgan fingerprint density at radius 2 is 2.17 bits per heavy atom. The van der Waals surface area contributed by atoms with Gasteiger partial charge in [-0.05, 0) is 31.4 Å². The third kappa shape index (κ3) is 3.75. The molecule has 1 saturated carbocycles. The minimum atomic E-state index is -0.00629. The van der Waals surface area contributed by atoms with Gasteiger partial charge in [-0.25, -0.2) is 4.98 Å². The first-order valence-electron chi connectivity index (χ1n) is 8.11. The number of rotatable bonds is 7. The summed E-state index contributed by atoms with van der Waals surface area (Å²) in [5, 5.41) is 4.20. The molecule has 2 aromatic rings. The molecule has 1 heterocycles. The van der Waals surface area contributed by atoms with Crippen molar-refractivity contribution in [1.29, 1.82) is 0 Å². The lowest BCUT2D eigenvalue weighted by Crippen LogP contribution is -2.27. The van der Waals surface area contributed by atoms with E-state index >= 15 is 0 Å². The number of hydrogen-bond donors (Lipinski definition) is 1. The van der Waals surface area contributed by atoms with Crippen molar-refractivity contribution in [3.63, 3.8) is 0 Å². The topological polar surface area (TPSA) is 64.0 Å². The third-order valence-corrected chi connectivity index (χ3v) is 4.83. The fraction of sp³-hybridized carbons (Fsp3) is 0.471. The van der Waals surface area contributed by atoms with Crippen molar-refractivity contribution < 1.29 is 4.79 Å². The molecular formula is C17H21N3O2S. The van der Waals surface area contributed by atoms with E-state index in [0.717, 1.165) is 25.7 Å². The van der Waals surface area contributed by atoms with Crippen LogP contribution in [0.5, 0.6) is 0 Å². The summed E-state index contributed by atoms with van der Waals surface area (Å²) in [4.78, 5) is 29.2. The van der Waals surface area contributed by atoms with E-state index in [-0.39, 0.29) is 17.5 Å². The summed E-state index contributed by atoms with van der Waals surface area (Å²) in [6.07, 6.45) is 4.06. The van der Waals surface area contributed by atoms with Gasteiger partial charge >= 0.3 is 0 Å². The maximum atomic E-state index is 12.7. The number of carbonyl (C=O) groups excluding carboxylic acids is 1. The number of para-hydroxylation sites is 1. The fourth-order valence-electron chi connectivity index (χ4n) is 2.47. The summed E-state index contributed by atoms with van der Waals surface area (Å²) in [5.74, 6) is 0.287. The second-order valence-corrected chi connectivity index (χ2v) is 6.75. The van der Waals surface area contributed by atoms with Crippen LogP contribution in [0.1, 0.15) is 38.6 Å². The molecule has 1 aromatic heterocycles. The average molecular weight is 331 g/mol. The molecule has 1 N–H and O–H groups in total. The van der Waals surface area contributed by atoms with Crippen molar-refractivity contribution in [3.05, 3.63) is 34.6 Å². The van der Waals surface area contributed by atoms with Crippen LogP contribution in [0, 0.1) is 0 Å². The lowest BCUT2D eigenvalue weighted by Gasteiger charge is -2.12. The molecule has 0 spiro atoms. The highest BCUT2D eigenvalue weighted by molar-refractivity contribution is 7.99. The average Bonchev–Trinajstić information content (AvgIpc) is 3.38. The van der Waals surface area contributed by atoms with Gasteiger partial charge in [-0.15, -0.1) is 0 Å². The largest absolute Gasteiger partial charge is 0.355 e. The van der Waals surface area contributed by atoms with Crippen LogP contribution in [0.3, 0.4) is 0 Å². The van der Waals surface area contributed by atoms with Gasteiger partial charge in [0, 0.05) is 12.6 Å². The number of hydrogen-bond acceptors (Lipinski definition) is 4. The molecule has 5 nitrogen and oxygen atoms in total. The Labute approximate surface area is 139 Å². The lowest BCUT2D eigenvalue weighted by atomic mass is 10.2. The smallest absolute Gasteiger partial charge is 0.262 e. The zero-order chi connectivity index (χ0) is 16.2. The first-order valence-corrected chi connectivity index (χ1v) is 9.10. The molecule has 1 aromatic carbocycles. The van der Waals surface area contributed by atoms with E-state index in [0.29, 0.717) is 28.4 Å². The van der Waals surface area contributed by atoms with Gasteiger partial charge in [-0.1, -0.05) is 37.2 Å².